The maximum atomic E-state index is 2.47. The van der Waals surface area contributed by atoms with Crippen LogP contribution < -0.4 is 0 Å². The molecule has 1 unspecified atom stereocenters. The van der Waals surface area contributed by atoms with E-state index in [9.17, 15) is 0 Å². The standard InChI is InChI=1S/C22H29PS.2C2H6/c1-17(2)14-15-23(3)21-12-10-19(11-13-21)18-6-8-20(9-7-18)22-5-4-16-24-22;2*1-2/h4-6,8,10,12,16-17H,7,9,11,13-15H2,1-3H3;2*1-2H3. The lowest BCUT2D eigenvalue weighted by Gasteiger charge is -2.23. The first-order valence-electron chi connectivity index (χ1n) is 11.2. The minimum atomic E-state index is 0.0868. The Bertz CT molecular complexity index is 671. The molecule has 1 atom stereocenters. The van der Waals surface area contributed by atoms with Crippen LogP contribution in [-0.4, -0.2) is 12.8 Å². The third-order valence-corrected chi connectivity index (χ3v) is 8.29. The molecule has 2 aliphatic rings. The topological polar surface area (TPSA) is 0 Å². The first-order chi connectivity index (χ1) is 13.6. The SMILES string of the molecule is CC.CC.CC(C)CCP(C)C1=CC=C(C2=CC=C(c3cccs3)CC2)CC1. The number of hydrogen-bond donors (Lipinski definition) is 0. The van der Waals surface area contributed by atoms with Gasteiger partial charge in [-0.25, -0.2) is 0 Å². The van der Waals surface area contributed by atoms with E-state index in [1.807, 2.05) is 39.0 Å². The van der Waals surface area contributed by atoms with Crippen molar-refractivity contribution in [2.75, 3.05) is 12.8 Å². The Morgan fingerprint density at radius 2 is 1.43 bits per heavy atom. The molecule has 0 bridgehead atoms. The third-order valence-electron chi connectivity index (χ3n) is 5.06. The summed E-state index contributed by atoms with van der Waals surface area (Å²) in [5.41, 5.74) is 4.65. The summed E-state index contributed by atoms with van der Waals surface area (Å²) < 4.78 is 0. The van der Waals surface area contributed by atoms with E-state index < -0.39 is 0 Å². The lowest BCUT2D eigenvalue weighted by molar-refractivity contribution is 0.630. The predicted molar refractivity (Wildman–Crippen MR) is 135 cm³/mol. The number of thiophene rings is 1. The minimum Gasteiger partial charge on any atom is -0.144 e. The molecule has 0 aliphatic heterocycles. The van der Waals surface area contributed by atoms with Crippen molar-refractivity contribution in [2.24, 2.45) is 5.92 Å². The van der Waals surface area contributed by atoms with Crippen LogP contribution in [0.4, 0.5) is 0 Å². The number of allylic oxidation sites excluding steroid dienone is 8. The molecule has 1 aromatic rings. The molecular formula is C26H41PS. The molecule has 0 aromatic carbocycles. The fourth-order valence-electron chi connectivity index (χ4n) is 3.38. The minimum absolute atomic E-state index is 0.0868. The van der Waals surface area contributed by atoms with Crippen LogP contribution in [0.15, 0.2) is 58.3 Å². The summed E-state index contributed by atoms with van der Waals surface area (Å²) in [7, 11) is 0.0868. The van der Waals surface area contributed by atoms with Crippen LogP contribution in [0, 0.1) is 5.92 Å². The van der Waals surface area contributed by atoms with E-state index >= 15 is 0 Å². The Morgan fingerprint density at radius 1 is 0.857 bits per heavy atom. The zero-order chi connectivity index (χ0) is 20.9. The molecule has 0 spiro atoms. The monoisotopic (exact) mass is 416 g/mol. The Morgan fingerprint density at radius 3 is 1.89 bits per heavy atom. The average Bonchev–Trinajstić information content (AvgIpc) is 3.30. The highest BCUT2D eigenvalue weighted by molar-refractivity contribution is 7.61. The summed E-state index contributed by atoms with van der Waals surface area (Å²) in [4.78, 5) is 1.44. The van der Waals surface area contributed by atoms with E-state index in [1.165, 1.54) is 48.7 Å². The zero-order valence-corrected chi connectivity index (χ0v) is 20.9. The maximum absolute atomic E-state index is 2.47. The van der Waals surface area contributed by atoms with Gasteiger partial charge in [-0.15, -0.1) is 11.3 Å². The zero-order valence-electron chi connectivity index (χ0n) is 19.2. The average molecular weight is 417 g/mol. The van der Waals surface area contributed by atoms with Crippen molar-refractivity contribution in [3.8, 4) is 0 Å². The third kappa shape index (κ3) is 7.84. The second-order valence-electron chi connectivity index (χ2n) is 7.32. The Labute approximate surface area is 180 Å². The molecular weight excluding hydrogens is 375 g/mol. The van der Waals surface area contributed by atoms with E-state index in [2.05, 4.69) is 62.3 Å². The first kappa shape index (κ1) is 25.1. The van der Waals surface area contributed by atoms with Gasteiger partial charge >= 0.3 is 0 Å². The van der Waals surface area contributed by atoms with Crippen LogP contribution in [-0.2, 0) is 0 Å². The second kappa shape index (κ2) is 14.1. The van der Waals surface area contributed by atoms with Gasteiger partial charge < -0.3 is 0 Å². The summed E-state index contributed by atoms with van der Waals surface area (Å²) in [6, 6.07) is 4.39. The molecule has 0 saturated carbocycles. The quantitative estimate of drug-likeness (QED) is 0.405. The van der Waals surface area contributed by atoms with Crippen molar-refractivity contribution >= 4 is 24.8 Å². The number of rotatable bonds is 6. The normalized spacial score (nSPS) is 17.1. The Hall–Kier alpha value is -0.910. The van der Waals surface area contributed by atoms with Crippen molar-refractivity contribution < 1.29 is 0 Å². The van der Waals surface area contributed by atoms with Gasteiger partial charge in [0.15, 0.2) is 0 Å². The highest BCUT2D eigenvalue weighted by Gasteiger charge is 2.17. The smallest absolute Gasteiger partial charge is 0.0302 e. The number of hydrogen-bond acceptors (Lipinski definition) is 1. The second-order valence-corrected chi connectivity index (χ2v) is 10.7. The van der Waals surface area contributed by atoms with Crippen molar-refractivity contribution in [3.63, 3.8) is 0 Å². The van der Waals surface area contributed by atoms with E-state index in [4.69, 9.17) is 0 Å². The molecule has 0 radical (unpaired) electrons. The molecule has 2 aliphatic carbocycles. The lowest BCUT2D eigenvalue weighted by atomic mass is 9.89. The van der Waals surface area contributed by atoms with E-state index in [0.29, 0.717) is 0 Å². The van der Waals surface area contributed by atoms with Gasteiger partial charge in [-0.2, -0.15) is 0 Å². The van der Waals surface area contributed by atoms with Gasteiger partial charge in [0.05, 0.1) is 0 Å². The van der Waals surface area contributed by atoms with Crippen LogP contribution in [0.5, 0.6) is 0 Å². The van der Waals surface area contributed by atoms with Gasteiger partial charge in [0.25, 0.3) is 0 Å². The summed E-state index contributed by atoms with van der Waals surface area (Å²) in [6.07, 6.45) is 17.3. The highest BCUT2D eigenvalue weighted by Crippen LogP contribution is 2.47. The summed E-state index contributed by atoms with van der Waals surface area (Å²) in [5, 5.41) is 3.90. The van der Waals surface area contributed by atoms with Crippen LogP contribution in [0.25, 0.3) is 5.57 Å². The molecule has 0 saturated heterocycles. The highest BCUT2D eigenvalue weighted by atomic mass is 32.1. The van der Waals surface area contributed by atoms with Crippen molar-refractivity contribution in [1.29, 1.82) is 0 Å². The van der Waals surface area contributed by atoms with Crippen LogP contribution in [0.2, 0.25) is 0 Å². The van der Waals surface area contributed by atoms with Gasteiger partial charge in [0, 0.05) is 4.88 Å². The molecule has 0 nitrogen and oxygen atoms in total. The molecule has 0 amide bonds. The molecule has 28 heavy (non-hydrogen) atoms. The van der Waals surface area contributed by atoms with Crippen LogP contribution >= 0.6 is 19.3 Å². The Balaban J connectivity index is 0.000000921. The van der Waals surface area contributed by atoms with Gasteiger partial charge in [0.2, 0.25) is 0 Å². The fourth-order valence-corrected chi connectivity index (χ4v) is 6.17. The van der Waals surface area contributed by atoms with E-state index in [1.54, 1.807) is 16.5 Å². The van der Waals surface area contributed by atoms with Gasteiger partial charge in [-0.3, -0.25) is 0 Å². The van der Waals surface area contributed by atoms with E-state index in [0.717, 1.165) is 5.92 Å². The maximum Gasteiger partial charge on any atom is 0.0302 e. The molecule has 1 aromatic heterocycles. The van der Waals surface area contributed by atoms with Crippen molar-refractivity contribution in [2.45, 2.75) is 73.6 Å². The van der Waals surface area contributed by atoms with Crippen molar-refractivity contribution in [1.82, 2.24) is 0 Å². The molecule has 0 fully saturated rings. The summed E-state index contributed by atoms with van der Waals surface area (Å²) in [6.45, 7) is 15.1. The molecule has 3 rings (SSSR count). The largest absolute Gasteiger partial charge is 0.144 e. The molecule has 156 valence electrons. The predicted octanol–water partition coefficient (Wildman–Crippen LogP) is 9.67. The summed E-state index contributed by atoms with van der Waals surface area (Å²) in [5.74, 6) is 0.835. The lowest BCUT2D eigenvalue weighted by Crippen LogP contribution is -2.01. The first-order valence-corrected chi connectivity index (χ1v) is 14.0. The molecule has 2 heteroatoms. The fraction of sp³-hybridized carbons (Fsp3) is 0.538. The van der Waals surface area contributed by atoms with Gasteiger partial charge in [-0.05, 0) is 84.3 Å². The van der Waals surface area contributed by atoms with Crippen LogP contribution in [0.1, 0.15) is 78.5 Å². The Kier molecular flexibility index (Phi) is 12.7. The molecule has 1 heterocycles. The van der Waals surface area contributed by atoms with Gasteiger partial charge in [0.1, 0.15) is 0 Å². The van der Waals surface area contributed by atoms with E-state index in [-0.39, 0.29) is 7.92 Å². The summed E-state index contributed by atoms with van der Waals surface area (Å²) >= 11 is 1.86. The van der Waals surface area contributed by atoms with Gasteiger partial charge in [-0.1, -0.05) is 79.8 Å². The van der Waals surface area contributed by atoms with Crippen molar-refractivity contribution in [3.05, 3.63) is 63.2 Å². The molecule has 0 N–H and O–H groups in total. The van der Waals surface area contributed by atoms with Crippen LogP contribution in [0.3, 0.4) is 0 Å².